The lowest BCUT2D eigenvalue weighted by Gasteiger charge is -2.26. The smallest absolute Gasteiger partial charge is 0.338 e. The molecule has 0 spiro atoms. The van der Waals surface area contributed by atoms with E-state index in [0.717, 1.165) is 5.69 Å². The maximum absolute atomic E-state index is 12.2. The first-order valence-corrected chi connectivity index (χ1v) is 6.84. The monoisotopic (exact) mass is 278 g/mol. The Morgan fingerprint density at radius 1 is 1.05 bits per heavy atom. The Hall–Kier alpha value is -2.04. The van der Waals surface area contributed by atoms with Gasteiger partial charge < -0.3 is 9.64 Å². The molecule has 0 bridgehead atoms. The van der Waals surface area contributed by atoms with Crippen molar-refractivity contribution in [1.29, 1.82) is 0 Å². The van der Waals surface area contributed by atoms with Gasteiger partial charge in [-0.25, -0.2) is 9.59 Å². The van der Waals surface area contributed by atoms with Crippen LogP contribution >= 0.6 is 0 Å². The summed E-state index contributed by atoms with van der Waals surface area (Å²) < 4.78 is 4.92. The minimum atomic E-state index is -0.350. The number of anilines is 1. The third-order valence-corrected chi connectivity index (χ3v) is 3.09. The molecule has 1 rings (SSSR count). The topological polar surface area (TPSA) is 49.9 Å². The van der Waals surface area contributed by atoms with Gasteiger partial charge in [-0.2, -0.15) is 0 Å². The van der Waals surface area contributed by atoms with E-state index in [1.165, 1.54) is 0 Å². The summed E-state index contributed by atoms with van der Waals surface area (Å²) in [6.45, 7) is 7.34. The van der Waals surface area contributed by atoms with Crippen LogP contribution in [0.15, 0.2) is 24.3 Å². The van der Waals surface area contributed by atoms with E-state index in [4.69, 9.17) is 4.74 Å². The van der Waals surface area contributed by atoms with E-state index in [9.17, 15) is 9.59 Å². The van der Waals surface area contributed by atoms with E-state index < -0.39 is 0 Å². The van der Waals surface area contributed by atoms with E-state index >= 15 is 0 Å². The van der Waals surface area contributed by atoms with E-state index in [-0.39, 0.29) is 12.0 Å². The van der Waals surface area contributed by atoms with Gasteiger partial charge in [0.1, 0.15) is 0 Å². The van der Waals surface area contributed by atoms with Gasteiger partial charge in [-0.05, 0) is 45.0 Å². The number of hydrogen-bond donors (Lipinski definition) is 0. The Balaban J connectivity index is 2.82. The number of ether oxygens (including phenoxy) is 1. The van der Waals surface area contributed by atoms with E-state index in [1.54, 1.807) is 48.0 Å². The molecule has 0 fully saturated rings. The van der Waals surface area contributed by atoms with Crippen molar-refractivity contribution in [1.82, 2.24) is 4.90 Å². The Kier molecular flexibility index (Phi) is 6.03. The molecule has 0 aliphatic carbocycles. The zero-order valence-electron chi connectivity index (χ0n) is 12.5. The largest absolute Gasteiger partial charge is 0.462 e. The fourth-order valence-electron chi connectivity index (χ4n) is 1.85. The van der Waals surface area contributed by atoms with Crippen LogP contribution in [0.1, 0.15) is 31.1 Å². The normalized spacial score (nSPS) is 10.0. The number of carbonyl (C=O) groups excluding carboxylic acids is 2. The van der Waals surface area contributed by atoms with Gasteiger partial charge in [-0.3, -0.25) is 4.90 Å². The molecule has 0 saturated heterocycles. The van der Waals surface area contributed by atoms with E-state index in [1.807, 2.05) is 13.8 Å². The molecular formula is C15H22N2O3. The lowest BCUT2D eigenvalue weighted by Crippen LogP contribution is -2.41. The van der Waals surface area contributed by atoms with Crippen LogP contribution in [0.2, 0.25) is 0 Å². The first kappa shape index (κ1) is 16.0. The lowest BCUT2D eigenvalue weighted by atomic mass is 10.2. The summed E-state index contributed by atoms with van der Waals surface area (Å²) in [5.74, 6) is -0.350. The zero-order valence-corrected chi connectivity index (χ0v) is 12.5. The summed E-state index contributed by atoms with van der Waals surface area (Å²) in [6, 6.07) is 6.76. The maximum atomic E-state index is 12.2. The number of amides is 2. The van der Waals surface area contributed by atoms with Crippen LogP contribution in [-0.2, 0) is 4.74 Å². The Morgan fingerprint density at radius 3 is 2.05 bits per heavy atom. The van der Waals surface area contributed by atoms with E-state index in [2.05, 4.69) is 0 Å². The third kappa shape index (κ3) is 3.73. The van der Waals surface area contributed by atoms with Crippen LogP contribution in [0, 0.1) is 0 Å². The lowest BCUT2D eigenvalue weighted by molar-refractivity contribution is 0.0526. The molecule has 0 atom stereocenters. The average molecular weight is 278 g/mol. The summed E-state index contributed by atoms with van der Waals surface area (Å²) in [4.78, 5) is 27.0. The van der Waals surface area contributed by atoms with Crippen molar-refractivity contribution in [3.05, 3.63) is 29.8 Å². The standard InChI is InChI=1S/C15H22N2O3/c1-5-17(6-2)15(19)16(4)13-10-8-12(9-11-13)14(18)20-7-3/h8-11H,5-7H2,1-4H3. The minimum absolute atomic E-state index is 0.0566. The van der Waals surface area contributed by atoms with Crippen molar-refractivity contribution >= 4 is 17.7 Å². The van der Waals surface area contributed by atoms with Crippen LogP contribution in [-0.4, -0.2) is 43.6 Å². The van der Waals surface area contributed by atoms with Crippen molar-refractivity contribution < 1.29 is 14.3 Å². The molecule has 2 amide bonds. The molecule has 5 nitrogen and oxygen atoms in total. The predicted octanol–water partition coefficient (Wildman–Crippen LogP) is 2.76. The molecule has 0 heterocycles. The molecule has 0 radical (unpaired) electrons. The summed E-state index contributed by atoms with van der Waals surface area (Å²) in [5.41, 5.74) is 1.23. The van der Waals surface area contributed by atoms with Crippen LogP contribution in [0.25, 0.3) is 0 Å². The highest BCUT2D eigenvalue weighted by molar-refractivity contribution is 5.93. The summed E-state index contributed by atoms with van der Waals surface area (Å²) >= 11 is 0. The van der Waals surface area contributed by atoms with Gasteiger partial charge in [0.15, 0.2) is 0 Å². The fourth-order valence-corrected chi connectivity index (χ4v) is 1.85. The van der Waals surface area contributed by atoms with Crippen molar-refractivity contribution in [2.75, 3.05) is 31.6 Å². The number of hydrogen-bond acceptors (Lipinski definition) is 3. The minimum Gasteiger partial charge on any atom is -0.462 e. The second kappa shape index (κ2) is 7.53. The highest BCUT2D eigenvalue weighted by Crippen LogP contribution is 2.16. The molecule has 0 aliphatic heterocycles. The SMILES string of the molecule is CCOC(=O)c1ccc(N(C)C(=O)N(CC)CC)cc1. The maximum Gasteiger partial charge on any atom is 0.338 e. The summed E-state index contributed by atoms with van der Waals surface area (Å²) in [6.07, 6.45) is 0. The molecule has 1 aromatic carbocycles. The first-order chi connectivity index (χ1) is 9.54. The first-order valence-electron chi connectivity index (χ1n) is 6.84. The Bertz CT molecular complexity index is 453. The third-order valence-electron chi connectivity index (χ3n) is 3.09. The molecule has 0 N–H and O–H groups in total. The van der Waals surface area contributed by atoms with Crippen LogP contribution in [0.4, 0.5) is 10.5 Å². The molecule has 5 heteroatoms. The molecule has 0 aromatic heterocycles. The van der Waals surface area contributed by atoms with Gasteiger partial charge in [-0.15, -0.1) is 0 Å². The molecule has 20 heavy (non-hydrogen) atoms. The Labute approximate surface area is 120 Å². The van der Waals surface area contributed by atoms with Gasteiger partial charge >= 0.3 is 12.0 Å². The molecule has 1 aromatic rings. The number of urea groups is 1. The average Bonchev–Trinajstić information content (AvgIpc) is 2.48. The van der Waals surface area contributed by atoms with Gasteiger partial charge in [0.05, 0.1) is 12.2 Å². The van der Waals surface area contributed by atoms with Crippen LogP contribution in [0.5, 0.6) is 0 Å². The van der Waals surface area contributed by atoms with Gasteiger partial charge in [0.25, 0.3) is 0 Å². The second-order valence-electron chi connectivity index (χ2n) is 4.28. The van der Waals surface area contributed by atoms with Crippen LogP contribution < -0.4 is 4.90 Å². The van der Waals surface area contributed by atoms with Crippen molar-refractivity contribution in [3.8, 4) is 0 Å². The van der Waals surface area contributed by atoms with Gasteiger partial charge in [0, 0.05) is 25.8 Å². The number of carbonyl (C=O) groups is 2. The van der Waals surface area contributed by atoms with E-state index in [0.29, 0.717) is 25.3 Å². The number of benzene rings is 1. The van der Waals surface area contributed by atoms with Gasteiger partial charge in [0.2, 0.25) is 0 Å². The molecule has 0 saturated carbocycles. The molecule has 110 valence electrons. The summed E-state index contributed by atoms with van der Waals surface area (Å²) in [5, 5.41) is 0. The number of rotatable bonds is 5. The highest BCUT2D eigenvalue weighted by Gasteiger charge is 2.16. The highest BCUT2D eigenvalue weighted by atomic mass is 16.5. The zero-order chi connectivity index (χ0) is 15.1. The molecule has 0 aliphatic rings. The molecular weight excluding hydrogens is 256 g/mol. The van der Waals surface area contributed by atoms with Crippen molar-refractivity contribution in [3.63, 3.8) is 0 Å². The quantitative estimate of drug-likeness (QED) is 0.778. The summed E-state index contributed by atoms with van der Waals surface area (Å²) in [7, 11) is 1.72. The second-order valence-corrected chi connectivity index (χ2v) is 4.28. The van der Waals surface area contributed by atoms with Crippen molar-refractivity contribution in [2.45, 2.75) is 20.8 Å². The van der Waals surface area contributed by atoms with Crippen molar-refractivity contribution in [2.24, 2.45) is 0 Å². The number of esters is 1. The fraction of sp³-hybridized carbons (Fsp3) is 0.467. The van der Waals surface area contributed by atoms with Gasteiger partial charge in [-0.1, -0.05) is 0 Å². The number of nitrogens with zero attached hydrogens (tertiary/aromatic N) is 2. The Morgan fingerprint density at radius 2 is 1.60 bits per heavy atom. The predicted molar refractivity (Wildman–Crippen MR) is 79.1 cm³/mol. The van der Waals surface area contributed by atoms with Crippen LogP contribution in [0.3, 0.4) is 0 Å². The molecule has 0 unspecified atom stereocenters.